The number of nitrogen functional groups attached to an aromatic ring is 1. The summed E-state index contributed by atoms with van der Waals surface area (Å²) in [4.78, 5) is 34.5. The molecular formula is C17H28N6O4. The van der Waals surface area contributed by atoms with Crippen molar-refractivity contribution in [1.82, 2.24) is 14.9 Å². The van der Waals surface area contributed by atoms with Crippen LogP contribution in [-0.2, 0) is 9.53 Å². The maximum atomic E-state index is 12.0. The van der Waals surface area contributed by atoms with Crippen LogP contribution >= 0.6 is 0 Å². The summed E-state index contributed by atoms with van der Waals surface area (Å²) in [6.07, 6.45) is 1.92. The van der Waals surface area contributed by atoms with Gasteiger partial charge in [0, 0.05) is 30.9 Å². The summed E-state index contributed by atoms with van der Waals surface area (Å²) < 4.78 is 5.39. The lowest BCUT2D eigenvalue weighted by atomic mass is 9.69. The summed E-state index contributed by atoms with van der Waals surface area (Å²) in [6, 6.07) is 0.0230. The van der Waals surface area contributed by atoms with Gasteiger partial charge in [0.2, 0.25) is 5.95 Å². The number of nitrogens with two attached hydrogens (primary N) is 1. The van der Waals surface area contributed by atoms with Gasteiger partial charge in [0.05, 0.1) is 13.3 Å². The zero-order valence-corrected chi connectivity index (χ0v) is 15.8. The molecule has 2 heterocycles. The molecule has 27 heavy (non-hydrogen) atoms. The second-order valence-electron chi connectivity index (χ2n) is 7.45. The van der Waals surface area contributed by atoms with Gasteiger partial charge in [-0.2, -0.15) is 4.98 Å². The van der Waals surface area contributed by atoms with Crippen molar-refractivity contribution in [2.24, 2.45) is 11.8 Å². The molecule has 0 bridgehead atoms. The molecule has 1 aliphatic heterocycles. The first-order valence-electron chi connectivity index (χ1n) is 9.22. The normalized spacial score (nSPS) is 23.7. The van der Waals surface area contributed by atoms with Crippen molar-refractivity contribution in [3.63, 3.8) is 0 Å². The summed E-state index contributed by atoms with van der Waals surface area (Å²) in [5.41, 5.74) is 5.75. The Bertz CT molecular complexity index is 737. The molecule has 1 aromatic heterocycles. The number of esters is 1. The number of carbonyl (C=O) groups excluding carboxylic acids is 1. The number of aromatic nitrogens is 2. The Morgan fingerprint density at radius 3 is 2.96 bits per heavy atom. The molecule has 0 unspecified atom stereocenters. The van der Waals surface area contributed by atoms with Crippen molar-refractivity contribution < 1.29 is 14.6 Å². The van der Waals surface area contributed by atoms with Crippen LogP contribution in [0.5, 0.6) is 0 Å². The molecule has 10 nitrogen and oxygen atoms in total. The number of anilines is 3. The first kappa shape index (κ1) is 19.4. The summed E-state index contributed by atoms with van der Waals surface area (Å²) in [6.45, 7) is 1.57. The molecule has 1 saturated carbocycles. The fraction of sp³-hybridized carbons (Fsp3) is 0.706. The highest BCUT2D eigenvalue weighted by Gasteiger charge is 2.46. The SMILES string of the molecule is CN(C)CCCC(=O)OC[C@H]1C[C@@H](N2CNc3c2nc(N)[nH]c3=O)[C@@H]1CO. The molecule has 1 aliphatic carbocycles. The topological polar surface area (TPSA) is 137 Å². The standard InChI is InChI=1S/C17H28N6O4/c1-22(2)5-3-4-13(25)27-8-10-6-12(11(10)7-24)23-9-19-14-15(23)20-17(18)21-16(14)26/h10-12,19,24H,3-9H2,1-2H3,(H3,18,20,21,26)/t10-,11-,12-/m1/s1. The molecule has 3 rings (SSSR count). The van der Waals surface area contributed by atoms with Crippen molar-refractivity contribution in [3.8, 4) is 0 Å². The lowest BCUT2D eigenvalue weighted by molar-refractivity contribution is -0.148. The third-order valence-electron chi connectivity index (χ3n) is 5.32. The highest BCUT2D eigenvalue weighted by Crippen LogP contribution is 2.42. The number of fused-ring (bicyclic) bond motifs is 1. The second kappa shape index (κ2) is 8.13. The number of H-pyrrole nitrogens is 1. The lowest BCUT2D eigenvalue weighted by Gasteiger charge is -2.48. The van der Waals surface area contributed by atoms with E-state index in [1.807, 2.05) is 23.9 Å². The quantitative estimate of drug-likeness (QED) is 0.437. The van der Waals surface area contributed by atoms with Crippen LogP contribution in [-0.4, -0.2) is 72.5 Å². The predicted molar refractivity (Wildman–Crippen MR) is 101 cm³/mol. The second-order valence-corrected chi connectivity index (χ2v) is 7.45. The molecule has 0 radical (unpaired) electrons. The molecule has 0 spiro atoms. The maximum absolute atomic E-state index is 12.0. The van der Waals surface area contributed by atoms with Crippen LogP contribution in [0.1, 0.15) is 19.3 Å². The van der Waals surface area contributed by atoms with Gasteiger partial charge >= 0.3 is 5.97 Å². The van der Waals surface area contributed by atoms with Crippen molar-refractivity contribution in [2.45, 2.75) is 25.3 Å². The Labute approximate surface area is 157 Å². The predicted octanol–water partition coefficient (Wildman–Crippen LogP) is -0.576. The Balaban J connectivity index is 1.54. The van der Waals surface area contributed by atoms with Gasteiger partial charge in [0.15, 0.2) is 5.82 Å². The summed E-state index contributed by atoms with van der Waals surface area (Å²) in [5, 5.41) is 12.8. The summed E-state index contributed by atoms with van der Waals surface area (Å²) in [7, 11) is 3.93. The fourth-order valence-corrected chi connectivity index (χ4v) is 3.77. The van der Waals surface area contributed by atoms with Crippen LogP contribution in [0.4, 0.5) is 17.5 Å². The van der Waals surface area contributed by atoms with Gasteiger partial charge in [0.1, 0.15) is 5.69 Å². The van der Waals surface area contributed by atoms with Gasteiger partial charge in [-0.3, -0.25) is 14.6 Å². The van der Waals surface area contributed by atoms with E-state index < -0.39 is 0 Å². The van der Waals surface area contributed by atoms with E-state index in [4.69, 9.17) is 10.5 Å². The number of carbonyl (C=O) groups is 1. The minimum atomic E-state index is -0.303. The smallest absolute Gasteiger partial charge is 0.305 e. The number of hydrogen-bond donors (Lipinski definition) is 4. The largest absolute Gasteiger partial charge is 0.465 e. The molecule has 2 aliphatic rings. The van der Waals surface area contributed by atoms with Crippen molar-refractivity contribution in [1.29, 1.82) is 0 Å². The van der Waals surface area contributed by atoms with Crippen LogP contribution in [0.25, 0.3) is 0 Å². The molecular weight excluding hydrogens is 352 g/mol. The summed E-state index contributed by atoms with van der Waals surface area (Å²) in [5.74, 6) is 0.427. The van der Waals surface area contributed by atoms with Crippen LogP contribution in [0.2, 0.25) is 0 Å². The van der Waals surface area contributed by atoms with E-state index in [0.717, 1.165) is 19.4 Å². The molecule has 0 amide bonds. The fourth-order valence-electron chi connectivity index (χ4n) is 3.77. The number of nitrogens with zero attached hydrogens (tertiary/aromatic N) is 3. The van der Waals surface area contributed by atoms with E-state index in [9.17, 15) is 14.7 Å². The number of ether oxygens (including phenoxy) is 1. The minimum absolute atomic E-state index is 0.0159. The average Bonchev–Trinajstić information content (AvgIpc) is 2.97. The Kier molecular flexibility index (Phi) is 5.85. The third kappa shape index (κ3) is 4.16. The number of aromatic amines is 1. The van der Waals surface area contributed by atoms with Crippen molar-refractivity contribution >= 4 is 23.4 Å². The molecule has 1 aromatic rings. The van der Waals surface area contributed by atoms with E-state index in [1.54, 1.807) is 0 Å². The lowest BCUT2D eigenvalue weighted by Crippen LogP contribution is -2.55. The number of aliphatic hydroxyl groups excluding tert-OH is 1. The van der Waals surface area contributed by atoms with Gasteiger partial charge in [-0.1, -0.05) is 0 Å². The molecule has 5 N–H and O–H groups in total. The van der Waals surface area contributed by atoms with E-state index in [-0.39, 0.29) is 42.0 Å². The number of hydrogen-bond acceptors (Lipinski definition) is 9. The van der Waals surface area contributed by atoms with Crippen LogP contribution in [0.15, 0.2) is 4.79 Å². The zero-order valence-electron chi connectivity index (χ0n) is 15.8. The van der Waals surface area contributed by atoms with Crippen LogP contribution < -0.4 is 21.5 Å². The minimum Gasteiger partial charge on any atom is -0.465 e. The van der Waals surface area contributed by atoms with Crippen molar-refractivity contribution in [2.75, 3.05) is 56.5 Å². The molecule has 1 fully saturated rings. The highest BCUT2D eigenvalue weighted by atomic mass is 16.5. The van der Waals surface area contributed by atoms with Gasteiger partial charge < -0.3 is 30.7 Å². The Morgan fingerprint density at radius 1 is 1.48 bits per heavy atom. The first-order chi connectivity index (χ1) is 12.9. The Hall–Kier alpha value is -2.33. The highest BCUT2D eigenvalue weighted by molar-refractivity contribution is 5.71. The Morgan fingerprint density at radius 2 is 2.26 bits per heavy atom. The average molecular weight is 380 g/mol. The number of nitrogens with one attached hydrogen (secondary N) is 2. The van der Waals surface area contributed by atoms with E-state index in [1.165, 1.54) is 0 Å². The molecule has 3 atom stereocenters. The molecule has 0 saturated heterocycles. The monoisotopic (exact) mass is 380 g/mol. The van der Waals surface area contributed by atoms with Crippen molar-refractivity contribution in [3.05, 3.63) is 10.4 Å². The van der Waals surface area contributed by atoms with Gasteiger partial charge in [-0.15, -0.1) is 0 Å². The van der Waals surface area contributed by atoms with Crippen LogP contribution in [0.3, 0.4) is 0 Å². The maximum Gasteiger partial charge on any atom is 0.305 e. The van der Waals surface area contributed by atoms with E-state index >= 15 is 0 Å². The van der Waals surface area contributed by atoms with Gasteiger partial charge in [-0.05, 0) is 33.5 Å². The molecule has 0 aromatic carbocycles. The third-order valence-corrected chi connectivity index (χ3v) is 5.32. The molecule has 10 heteroatoms. The zero-order chi connectivity index (χ0) is 19.6. The number of rotatable bonds is 8. The van der Waals surface area contributed by atoms with E-state index in [2.05, 4.69) is 15.3 Å². The molecule has 150 valence electrons. The first-order valence-corrected chi connectivity index (χ1v) is 9.22. The number of aliphatic hydroxyl groups is 1. The summed E-state index contributed by atoms with van der Waals surface area (Å²) >= 11 is 0. The van der Waals surface area contributed by atoms with Gasteiger partial charge in [0.25, 0.3) is 5.56 Å². The van der Waals surface area contributed by atoms with Gasteiger partial charge in [-0.25, -0.2) is 0 Å². The van der Waals surface area contributed by atoms with E-state index in [0.29, 0.717) is 31.2 Å². The van der Waals surface area contributed by atoms with Crippen LogP contribution in [0, 0.1) is 11.8 Å².